The highest BCUT2D eigenvalue weighted by molar-refractivity contribution is 5.96. The summed E-state index contributed by atoms with van der Waals surface area (Å²) >= 11 is 0. The molecule has 1 N–H and O–H groups in total. The number of rotatable bonds is 4. The monoisotopic (exact) mass is 295 g/mol. The summed E-state index contributed by atoms with van der Waals surface area (Å²) in [4.78, 5) is 23.5. The molecule has 112 valence electrons. The lowest BCUT2D eigenvalue weighted by atomic mass is 10.3. The molecular weight excluding hydrogens is 281 g/mol. The van der Waals surface area contributed by atoms with Crippen molar-refractivity contribution in [1.82, 2.24) is 0 Å². The number of carbonyl (C=O) groups excluding carboxylic acids is 2. The van der Waals surface area contributed by atoms with Crippen LogP contribution in [0.25, 0.3) is 0 Å². The van der Waals surface area contributed by atoms with Gasteiger partial charge in [-0.05, 0) is 19.1 Å². The summed E-state index contributed by atoms with van der Waals surface area (Å²) in [6.45, 7) is 1.95. The van der Waals surface area contributed by atoms with Gasteiger partial charge >= 0.3 is 5.97 Å². The number of ether oxygens (including phenoxy) is 3. The van der Waals surface area contributed by atoms with Crippen molar-refractivity contribution in [3.05, 3.63) is 42.1 Å². The van der Waals surface area contributed by atoms with Crippen molar-refractivity contribution in [3.63, 3.8) is 0 Å². The number of carbonyl (C=O) groups is 2. The summed E-state index contributed by atoms with van der Waals surface area (Å²) < 4.78 is 28.3. The van der Waals surface area contributed by atoms with Crippen molar-refractivity contribution in [2.45, 2.75) is 13.0 Å². The fourth-order valence-electron chi connectivity index (χ4n) is 1.54. The maximum Gasteiger partial charge on any atom is 0.377 e. The molecule has 0 aromatic heterocycles. The first-order valence-corrected chi connectivity index (χ1v) is 6.29. The van der Waals surface area contributed by atoms with Gasteiger partial charge in [0.15, 0.2) is 6.10 Å². The number of halogens is 1. The predicted octanol–water partition coefficient (Wildman–Crippen LogP) is 1.58. The third-order valence-electron chi connectivity index (χ3n) is 2.64. The van der Waals surface area contributed by atoms with Crippen molar-refractivity contribution < 1.29 is 28.2 Å². The van der Waals surface area contributed by atoms with Crippen molar-refractivity contribution in [2.24, 2.45) is 0 Å². The first-order valence-electron chi connectivity index (χ1n) is 6.29. The van der Waals surface area contributed by atoms with Gasteiger partial charge in [-0.1, -0.05) is 12.1 Å². The van der Waals surface area contributed by atoms with E-state index in [0.717, 1.165) is 6.26 Å². The molecule has 7 heteroatoms. The highest BCUT2D eigenvalue weighted by Crippen LogP contribution is 2.14. The molecule has 21 heavy (non-hydrogen) atoms. The Kier molecular flexibility index (Phi) is 4.76. The quantitative estimate of drug-likeness (QED) is 0.854. The zero-order chi connectivity index (χ0) is 15.2. The van der Waals surface area contributed by atoms with Crippen molar-refractivity contribution >= 4 is 17.6 Å². The normalized spacial score (nSPS) is 15.0. The molecule has 0 unspecified atom stereocenters. The Morgan fingerprint density at radius 2 is 2.10 bits per heavy atom. The molecule has 0 bridgehead atoms. The molecule has 0 saturated carbocycles. The Hall–Kier alpha value is -2.57. The summed E-state index contributed by atoms with van der Waals surface area (Å²) in [5.74, 6) is -2.14. The Bertz CT molecular complexity index is 572. The molecule has 1 amide bonds. The fraction of sp³-hybridized carbons (Fsp3) is 0.286. The molecule has 1 aromatic rings. The van der Waals surface area contributed by atoms with Crippen molar-refractivity contribution in [2.75, 3.05) is 18.5 Å². The number of amides is 1. The fourth-order valence-corrected chi connectivity index (χ4v) is 1.54. The van der Waals surface area contributed by atoms with Crippen LogP contribution in [-0.4, -0.2) is 31.2 Å². The number of hydrogen-bond donors (Lipinski definition) is 1. The van der Waals surface area contributed by atoms with E-state index in [9.17, 15) is 14.0 Å². The van der Waals surface area contributed by atoms with Gasteiger partial charge in [0.25, 0.3) is 5.91 Å². The minimum Gasteiger partial charge on any atom is -0.493 e. The largest absolute Gasteiger partial charge is 0.493 e. The molecule has 0 fully saturated rings. The minimum atomic E-state index is -1.11. The van der Waals surface area contributed by atoms with E-state index in [0.29, 0.717) is 6.61 Å². The summed E-state index contributed by atoms with van der Waals surface area (Å²) in [6, 6.07) is 5.70. The predicted molar refractivity (Wildman–Crippen MR) is 70.6 cm³/mol. The average molecular weight is 295 g/mol. The van der Waals surface area contributed by atoms with Crippen LogP contribution in [0.4, 0.5) is 10.1 Å². The van der Waals surface area contributed by atoms with E-state index < -0.39 is 23.8 Å². The molecule has 0 saturated heterocycles. The van der Waals surface area contributed by atoms with E-state index in [1.54, 1.807) is 6.07 Å². The van der Waals surface area contributed by atoms with E-state index in [4.69, 9.17) is 14.2 Å². The van der Waals surface area contributed by atoms with Gasteiger partial charge in [-0.3, -0.25) is 4.79 Å². The SMILES string of the molecule is C[C@@H](OC(=O)C1=COCCO1)C(=O)Nc1ccccc1F. The molecule has 1 heterocycles. The van der Waals surface area contributed by atoms with Gasteiger partial charge in [0.2, 0.25) is 5.76 Å². The highest BCUT2D eigenvalue weighted by Gasteiger charge is 2.23. The van der Waals surface area contributed by atoms with Crippen LogP contribution in [0.15, 0.2) is 36.3 Å². The molecule has 0 aliphatic carbocycles. The number of hydrogen-bond acceptors (Lipinski definition) is 5. The lowest BCUT2D eigenvalue weighted by molar-refractivity contribution is -0.153. The van der Waals surface area contributed by atoms with Crippen LogP contribution in [0.1, 0.15) is 6.92 Å². The van der Waals surface area contributed by atoms with Crippen LogP contribution in [-0.2, 0) is 23.8 Å². The Balaban J connectivity index is 1.92. The molecular formula is C14H14FNO5. The molecule has 1 aliphatic rings. The topological polar surface area (TPSA) is 73.9 Å². The average Bonchev–Trinajstić information content (AvgIpc) is 2.50. The molecule has 1 aliphatic heterocycles. The van der Waals surface area contributed by atoms with E-state index >= 15 is 0 Å². The lowest BCUT2D eigenvalue weighted by Crippen LogP contribution is -2.31. The van der Waals surface area contributed by atoms with Crippen molar-refractivity contribution in [3.8, 4) is 0 Å². The molecule has 1 atom stereocenters. The second kappa shape index (κ2) is 6.74. The molecule has 2 rings (SSSR count). The van der Waals surface area contributed by atoms with Gasteiger partial charge in [-0.2, -0.15) is 0 Å². The Morgan fingerprint density at radius 1 is 1.33 bits per heavy atom. The minimum absolute atomic E-state index is 0.0156. The van der Waals surface area contributed by atoms with Crippen molar-refractivity contribution in [1.29, 1.82) is 0 Å². The second-order valence-corrected chi connectivity index (χ2v) is 4.22. The number of nitrogens with one attached hydrogen (secondary N) is 1. The van der Waals surface area contributed by atoms with E-state index in [1.807, 2.05) is 0 Å². The van der Waals surface area contributed by atoms with Gasteiger partial charge in [-0.25, -0.2) is 9.18 Å². The van der Waals surface area contributed by atoms with E-state index in [1.165, 1.54) is 25.1 Å². The van der Waals surface area contributed by atoms with Gasteiger partial charge in [-0.15, -0.1) is 0 Å². The highest BCUT2D eigenvalue weighted by atomic mass is 19.1. The van der Waals surface area contributed by atoms with Crippen LogP contribution >= 0.6 is 0 Å². The standard InChI is InChI=1S/C14H14FNO5/c1-9(21-14(18)12-8-19-6-7-20-12)13(17)16-11-5-3-2-4-10(11)15/h2-5,8-9H,6-7H2,1H3,(H,16,17)/t9-/m1/s1. The summed E-state index contributed by atoms with van der Waals surface area (Å²) in [6.07, 6.45) is 0.0244. The van der Waals surface area contributed by atoms with Gasteiger partial charge in [0.05, 0.1) is 5.69 Å². The number of para-hydroxylation sites is 1. The van der Waals surface area contributed by atoms with Gasteiger partial charge in [0, 0.05) is 0 Å². The zero-order valence-electron chi connectivity index (χ0n) is 11.3. The zero-order valence-corrected chi connectivity index (χ0v) is 11.3. The molecule has 0 spiro atoms. The lowest BCUT2D eigenvalue weighted by Gasteiger charge is -2.17. The third-order valence-corrected chi connectivity index (χ3v) is 2.64. The van der Waals surface area contributed by atoms with Crippen LogP contribution in [0.5, 0.6) is 0 Å². The van der Waals surface area contributed by atoms with E-state index in [-0.39, 0.29) is 18.1 Å². The summed E-state index contributed by atoms with van der Waals surface area (Å²) in [7, 11) is 0. The maximum absolute atomic E-state index is 13.4. The van der Waals surface area contributed by atoms with Crippen LogP contribution in [0, 0.1) is 5.82 Å². The summed E-state index contributed by atoms with van der Waals surface area (Å²) in [5.41, 5.74) is 0.0156. The molecule has 0 radical (unpaired) electrons. The van der Waals surface area contributed by atoms with E-state index in [2.05, 4.69) is 5.32 Å². The smallest absolute Gasteiger partial charge is 0.377 e. The van der Waals surface area contributed by atoms with Crippen LogP contribution in [0.3, 0.4) is 0 Å². The van der Waals surface area contributed by atoms with Crippen LogP contribution < -0.4 is 5.32 Å². The van der Waals surface area contributed by atoms with Gasteiger partial charge in [0.1, 0.15) is 25.3 Å². The number of benzene rings is 1. The maximum atomic E-state index is 13.4. The Labute approximate surface area is 120 Å². The molecule has 6 nitrogen and oxygen atoms in total. The second-order valence-electron chi connectivity index (χ2n) is 4.22. The molecule has 1 aromatic carbocycles. The first-order chi connectivity index (χ1) is 10.1. The number of anilines is 1. The third kappa shape index (κ3) is 3.95. The Morgan fingerprint density at radius 3 is 2.76 bits per heavy atom. The summed E-state index contributed by atoms with van der Waals surface area (Å²) in [5, 5.41) is 2.34. The van der Waals surface area contributed by atoms with Gasteiger partial charge < -0.3 is 19.5 Å². The number of esters is 1. The first kappa shape index (κ1) is 14.8. The van der Waals surface area contributed by atoms with Crippen LogP contribution in [0.2, 0.25) is 0 Å².